The topological polar surface area (TPSA) is 178 Å². The van der Waals surface area contributed by atoms with E-state index in [9.17, 15) is 20.4 Å². The molecular formula is C64H91N3O7. The summed E-state index contributed by atoms with van der Waals surface area (Å²) in [4.78, 5) is 32.1. The normalized spacial score (nSPS) is 47.1. The summed E-state index contributed by atoms with van der Waals surface area (Å²) in [5.41, 5.74) is 8.35. The van der Waals surface area contributed by atoms with Crippen molar-refractivity contribution in [1.82, 2.24) is 10.6 Å². The summed E-state index contributed by atoms with van der Waals surface area (Å²) in [6.07, 6.45) is 17.2. The molecule has 2 aliphatic heterocycles. The molecule has 404 valence electrons. The summed E-state index contributed by atoms with van der Waals surface area (Å²) < 4.78 is 6.80. The van der Waals surface area contributed by atoms with E-state index in [0.717, 1.165) is 125 Å². The number of carbonyl (C=O) groups is 2. The molecule has 9 fully saturated rings. The first-order valence-electron chi connectivity index (χ1n) is 29.8. The number of aliphatic hydroxyl groups is 3. The monoisotopic (exact) mass is 1010 g/mol. The first-order valence-corrected chi connectivity index (χ1v) is 29.8. The number of ether oxygens (including phenoxy) is 1. The highest BCUT2D eigenvalue weighted by atomic mass is 16.6. The number of carbonyl (C=O) groups excluding carboxylic acids is 2. The largest absolute Gasteiger partial charge is 0.508 e. The highest BCUT2D eigenvalue weighted by Gasteiger charge is 2.80. The van der Waals surface area contributed by atoms with Gasteiger partial charge >= 0.3 is 0 Å². The number of β-amino-alcohol motifs (C(OH)–C–C–N with tert-alkyl or cyclic N) is 1. The van der Waals surface area contributed by atoms with E-state index in [0.29, 0.717) is 62.8 Å². The van der Waals surface area contributed by atoms with Crippen LogP contribution in [0.1, 0.15) is 192 Å². The number of benzene rings is 2. The summed E-state index contributed by atoms with van der Waals surface area (Å²) in [5, 5.41) is 54.9. The van der Waals surface area contributed by atoms with Gasteiger partial charge in [0.05, 0.1) is 22.7 Å². The molecule has 2 aromatic carbocycles. The molecule has 1 spiro atoms. The van der Waals surface area contributed by atoms with Gasteiger partial charge in [0.2, 0.25) is 0 Å². The lowest BCUT2D eigenvalue weighted by atomic mass is 9.30. The lowest BCUT2D eigenvalue weighted by Crippen LogP contribution is -2.76. The summed E-state index contributed by atoms with van der Waals surface area (Å²) in [7, 11) is 1.93. The van der Waals surface area contributed by atoms with Crippen LogP contribution in [-0.2, 0) is 26.3 Å². The summed E-state index contributed by atoms with van der Waals surface area (Å²) >= 11 is 0. The number of aromatic hydroxyl groups is 1. The summed E-state index contributed by atoms with van der Waals surface area (Å²) in [6.45, 7) is 12.8. The number of Topliss-reactive ketones (excluding diaryl/α,β-unsaturated/α-hetero) is 2. The van der Waals surface area contributed by atoms with E-state index >= 15 is 9.59 Å². The van der Waals surface area contributed by atoms with Crippen LogP contribution < -0.4 is 16.4 Å². The van der Waals surface area contributed by atoms with Gasteiger partial charge in [-0.25, -0.2) is 0 Å². The maximum atomic E-state index is 16.3. The molecule has 8 N–H and O–H groups in total. The lowest BCUT2D eigenvalue weighted by Gasteiger charge is -2.74. The smallest absolute Gasteiger partial charge is 0.160 e. The molecule has 9 aliphatic carbocycles. The Morgan fingerprint density at radius 2 is 1.70 bits per heavy atom. The van der Waals surface area contributed by atoms with E-state index in [4.69, 9.17) is 10.5 Å². The number of phenols is 1. The van der Waals surface area contributed by atoms with Gasteiger partial charge in [-0.3, -0.25) is 9.59 Å². The second-order valence-corrected chi connectivity index (χ2v) is 28.4. The van der Waals surface area contributed by atoms with Crippen molar-refractivity contribution < 1.29 is 34.8 Å². The average molecular weight is 1010 g/mol. The third-order valence-electron chi connectivity index (χ3n) is 24.4. The van der Waals surface area contributed by atoms with Crippen molar-refractivity contribution in [2.24, 2.45) is 63.1 Å². The molecular weight excluding hydrogens is 923 g/mol. The number of phenolic OH excluding ortho intramolecular Hbond substituents is 1. The molecule has 13 rings (SSSR count). The Morgan fingerprint density at radius 3 is 2.49 bits per heavy atom. The van der Waals surface area contributed by atoms with Crippen LogP contribution in [-0.4, -0.2) is 81.1 Å². The Labute approximate surface area is 442 Å². The summed E-state index contributed by atoms with van der Waals surface area (Å²) in [6, 6.07) is 14.3. The van der Waals surface area contributed by atoms with E-state index in [-0.39, 0.29) is 70.6 Å². The highest BCUT2D eigenvalue weighted by molar-refractivity contribution is 6.01. The van der Waals surface area contributed by atoms with Gasteiger partial charge in [0.25, 0.3) is 0 Å². The second kappa shape index (κ2) is 18.0. The number of nitrogen functional groups attached to an aromatic ring is 1. The molecule has 0 aromatic heterocycles. The van der Waals surface area contributed by atoms with Gasteiger partial charge in [-0.1, -0.05) is 76.6 Å². The molecule has 2 heterocycles. The maximum Gasteiger partial charge on any atom is 0.160 e. The number of rotatable bonds is 9. The zero-order valence-corrected chi connectivity index (χ0v) is 45.9. The minimum Gasteiger partial charge on any atom is -0.508 e. The standard InChI is InChI=1S/C64H91N3O7/c1-57(73)21-7-8-22-58(2)55-59(3)35-62(56(58)72,42-26-39(33-66-6)27-44(69)30-42)24-25-64(55,67-37-57)36-63-23-11-13-40-18-17-38(34-68)28-46(40)47(53-49(19-20-52(59)63)60(63,4)32-51(53)71)31-50(70)54-61(5,74-54)48-16-10-15-45(48)41-12-9-14-43(65)29-41/h9,12,14,26-27,29-30,38,40,45-48,50,52,54-55,66-70,73H,7-8,10-11,13,15-25,28,31-37,65H2,1-6H3/t38-,40-,45-,46+,47-,48+,50+,52+,54+,55-,57-,58+,59-,60-,61+,62-,63-,64-/m0/s1. The molecule has 10 nitrogen and oxygen atoms in total. The molecule has 2 aromatic rings. The Bertz CT molecular complexity index is 2600. The minimum atomic E-state index is -0.910. The van der Waals surface area contributed by atoms with Gasteiger partial charge in [-0.15, -0.1) is 0 Å². The van der Waals surface area contributed by atoms with Gasteiger partial charge < -0.3 is 41.5 Å². The molecule has 11 aliphatic rings. The second-order valence-electron chi connectivity index (χ2n) is 28.4. The van der Waals surface area contributed by atoms with Crippen LogP contribution in [0.3, 0.4) is 0 Å². The Morgan fingerprint density at radius 1 is 0.892 bits per heavy atom. The van der Waals surface area contributed by atoms with Crippen molar-refractivity contribution >= 4 is 17.3 Å². The molecule has 18 atom stereocenters. The molecule has 74 heavy (non-hydrogen) atoms. The van der Waals surface area contributed by atoms with Crippen LogP contribution in [0.25, 0.3) is 0 Å². The van der Waals surface area contributed by atoms with Gasteiger partial charge in [0.1, 0.15) is 17.6 Å². The summed E-state index contributed by atoms with van der Waals surface area (Å²) in [5.74, 6) is 2.32. The number of nitrogens with two attached hydrogens (primary N) is 1. The fourth-order valence-electron chi connectivity index (χ4n) is 21.8. The Kier molecular flexibility index (Phi) is 12.5. The van der Waals surface area contributed by atoms with Crippen LogP contribution in [0.5, 0.6) is 5.75 Å². The van der Waals surface area contributed by atoms with E-state index in [1.165, 1.54) is 11.1 Å². The molecule has 0 unspecified atom stereocenters. The zero-order valence-electron chi connectivity index (χ0n) is 45.9. The van der Waals surface area contributed by atoms with E-state index in [1.54, 1.807) is 0 Å². The number of allylic oxidation sites excluding steroid dienone is 2. The number of fused-ring (bicyclic) bond motifs is 2. The minimum absolute atomic E-state index is 0.0259. The molecule has 7 saturated carbocycles. The predicted molar refractivity (Wildman–Crippen MR) is 289 cm³/mol. The van der Waals surface area contributed by atoms with Crippen molar-refractivity contribution in [1.29, 1.82) is 0 Å². The first-order chi connectivity index (χ1) is 35.2. The number of hydrogen-bond acceptors (Lipinski definition) is 10. The van der Waals surface area contributed by atoms with Crippen molar-refractivity contribution in [2.45, 2.75) is 216 Å². The molecule has 10 heteroatoms. The van der Waals surface area contributed by atoms with Gasteiger partial charge in [0, 0.05) is 48.2 Å². The number of ketones is 2. The van der Waals surface area contributed by atoms with Crippen LogP contribution in [0.2, 0.25) is 0 Å². The zero-order chi connectivity index (χ0) is 52.0. The maximum absolute atomic E-state index is 16.3. The molecule has 0 amide bonds. The SMILES string of the molecule is CNCc1cc(O)cc([C@]23CC[C@]45C[C@@]67CCC[C@H]8CC[C@H](CO)C[C@H]8[C@H](C[C@@H](O)[C@H]8O[C@]8(C)[C@@H]8CCC[C@H]8c8cccc(N)c8)C8=C(CC[C@@H]6[C@](C)(C2)[C@@H]4[C@@](C)(CCCC[C@](C)(O)CN5)C3=O)[C@]7(C)CC8=O)c1. The fourth-order valence-corrected chi connectivity index (χ4v) is 21.8. The Balaban J connectivity index is 0.985. The number of hydrogen-bond donors (Lipinski definition) is 7. The van der Waals surface area contributed by atoms with Gasteiger partial charge in [0.15, 0.2) is 5.78 Å². The number of anilines is 1. The van der Waals surface area contributed by atoms with Gasteiger partial charge in [-0.2, -0.15) is 0 Å². The average Bonchev–Trinajstić information content (AvgIpc) is 3.75. The third-order valence-corrected chi connectivity index (χ3v) is 24.4. The van der Waals surface area contributed by atoms with E-state index in [1.807, 2.05) is 32.2 Å². The quantitative estimate of drug-likeness (QED) is 0.0945. The van der Waals surface area contributed by atoms with Crippen LogP contribution >= 0.6 is 0 Å². The number of aliphatic hydroxyl groups excluding tert-OH is 2. The van der Waals surface area contributed by atoms with Crippen molar-refractivity contribution in [3.8, 4) is 5.75 Å². The number of nitrogens with one attached hydrogen (secondary N) is 2. The molecule has 2 saturated heterocycles. The predicted octanol–water partition coefficient (Wildman–Crippen LogP) is 10.4. The van der Waals surface area contributed by atoms with Crippen molar-refractivity contribution in [2.75, 3.05) is 25.9 Å². The van der Waals surface area contributed by atoms with Gasteiger partial charge in [-0.05, 0) is 222 Å². The fraction of sp³-hybridized carbons (Fsp3) is 0.750. The first kappa shape index (κ1) is 51.6. The Hall–Kier alpha value is -3.12. The molecule has 9 bridgehead atoms. The lowest BCUT2D eigenvalue weighted by molar-refractivity contribution is -0.226. The van der Waals surface area contributed by atoms with Crippen LogP contribution in [0.4, 0.5) is 5.69 Å². The van der Waals surface area contributed by atoms with E-state index in [2.05, 4.69) is 62.6 Å². The van der Waals surface area contributed by atoms with Crippen LogP contribution in [0.15, 0.2) is 53.6 Å². The van der Waals surface area contributed by atoms with Crippen molar-refractivity contribution in [3.05, 3.63) is 70.3 Å². The number of epoxide rings is 1. The van der Waals surface area contributed by atoms with E-state index < -0.39 is 39.1 Å². The van der Waals surface area contributed by atoms with Crippen molar-refractivity contribution in [3.63, 3.8) is 0 Å². The highest BCUT2D eigenvalue weighted by Crippen LogP contribution is 2.81. The molecule has 0 radical (unpaired) electrons. The van der Waals surface area contributed by atoms with Crippen LogP contribution in [0, 0.1) is 63.1 Å². The third kappa shape index (κ3) is 7.56.